The van der Waals surface area contributed by atoms with Gasteiger partial charge in [0.2, 0.25) is 0 Å². The van der Waals surface area contributed by atoms with E-state index < -0.39 is 0 Å². The normalized spacial score (nSPS) is 18.2. The number of Topliss-reactive ketones (excluding diaryl/α,β-unsaturated/α-hetero) is 1. The maximum atomic E-state index is 12.4. The minimum atomic E-state index is 0.102. The Hall–Kier alpha value is -1.15. The van der Waals surface area contributed by atoms with Crippen LogP contribution in [0.25, 0.3) is 0 Å². The number of benzene rings is 1. The number of nitrogens with zero attached hydrogens (tertiary/aromatic N) is 1. The third kappa shape index (κ3) is 3.90. The first-order valence-corrected chi connectivity index (χ1v) is 7.56. The Kier molecular flexibility index (Phi) is 5.15. The highest BCUT2D eigenvalue weighted by molar-refractivity contribution is 5.97. The summed E-state index contributed by atoms with van der Waals surface area (Å²) in [5, 5.41) is 0. The van der Waals surface area contributed by atoms with Gasteiger partial charge < -0.3 is 4.90 Å². The van der Waals surface area contributed by atoms with Crippen LogP contribution >= 0.6 is 0 Å². The average Bonchev–Trinajstić information content (AvgIpc) is 2.47. The molecule has 1 aromatic rings. The van der Waals surface area contributed by atoms with Crippen LogP contribution < -0.4 is 0 Å². The van der Waals surface area contributed by atoms with E-state index in [4.69, 9.17) is 0 Å². The van der Waals surface area contributed by atoms with Gasteiger partial charge in [-0.15, -0.1) is 0 Å². The van der Waals surface area contributed by atoms with Gasteiger partial charge in [-0.1, -0.05) is 44.5 Å². The molecule has 0 radical (unpaired) electrons. The zero-order chi connectivity index (χ0) is 13.7. The van der Waals surface area contributed by atoms with Crippen molar-refractivity contribution in [3.8, 4) is 0 Å². The van der Waals surface area contributed by atoms with Crippen molar-refractivity contribution in [2.45, 2.75) is 39.5 Å². The minimum Gasteiger partial charge on any atom is -0.303 e. The van der Waals surface area contributed by atoms with E-state index in [1.165, 1.54) is 24.8 Å². The Morgan fingerprint density at radius 1 is 1.16 bits per heavy atom. The quantitative estimate of drug-likeness (QED) is 0.754. The molecule has 2 nitrogen and oxygen atoms in total. The molecular weight excluding hydrogens is 234 g/mol. The van der Waals surface area contributed by atoms with Gasteiger partial charge in [0.1, 0.15) is 0 Å². The topological polar surface area (TPSA) is 20.3 Å². The monoisotopic (exact) mass is 259 g/mol. The first-order valence-electron chi connectivity index (χ1n) is 7.56. The SMILES string of the molecule is CCc1ccc(C(=O)[C@@H](C)CN2CCCCC2)cc1. The smallest absolute Gasteiger partial charge is 0.166 e. The lowest BCUT2D eigenvalue weighted by Gasteiger charge is -2.28. The van der Waals surface area contributed by atoms with Crippen LogP contribution in [-0.2, 0) is 6.42 Å². The van der Waals surface area contributed by atoms with Crippen molar-refractivity contribution in [1.82, 2.24) is 4.90 Å². The molecule has 2 heteroatoms. The van der Waals surface area contributed by atoms with Crippen LogP contribution in [0.4, 0.5) is 0 Å². The van der Waals surface area contributed by atoms with Crippen molar-refractivity contribution in [2.24, 2.45) is 5.92 Å². The Morgan fingerprint density at radius 2 is 1.79 bits per heavy atom. The molecule has 2 rings (SSSR count). The number of aryl methyl sites for hydroxylation is 1. The Bertz CT molecular complexity index is 404. The van der Waals surface area contributed by atoms with Crippen LogP contribution in [0.1, 0.15) is 49.0 Å². The van der Waals surface area contributed by atoms with Crippen molar-refractivity contribution in [3.63, 3.8) is 0 Å². The van der Waals surface area contributed by atoms with Crippen LogP contribution in [0.5, 0.6) is 0 Å². The predicted octanol–water partition coefficient (Wildman–Crippen LogP) is 3.55. The van der Waals surface area contributed by atoms with Gasteiger partial charge >= 0.3 is 0 Å². The standard InChI is InChI=1S/C17H25NO/c1-3-15-7-9-16(10-8-15)17(19)14(2)13-18-11-5-4-6-12-18/h7-10,14H,3-6,11-13H2,1-2H3/t14-/m0/s1. The van der Waals surface area contributed by atoms with Gasteiger partial charge in [0.15, 0.2) is 5.78 Å². The molecule has 0 spiro atoms. The summed E-state index contributed by atoms with van der Waals surface area (Å²) in [4.78, 5) is 14.8. The fraction of sp³-hybridized carbons (Fsp3) is 0.588. The first kappa shape index (κ1) is 14.3. The molecule has 1 saturated heterocycles. The first-order chi connectivity index (χ1) is 9.20. The van der Waals surface area contributed by atoms with E-state index in [1.807, 2.05) is 12.1 Å². The molecule has 0 saturated carbocycles. The number of piperidine rings is 1. The highest BCUT2D eigenvalue weighted by atomic mass is 16.1. The third-order valence-corrected chi connectivity index (χ3v) is 4.08. The number of carbonyl (C=O) groups is 1. The summed E-state index contributed by atoms with van der Waals surface area (Å²) in [6, 6.07) is 8.10. The molecule has 0 bridgehead atoms. The predicted molar refractivity (Wildman–Crippen MR) is 79.6 cm³/mol. The van der Waals surface area contributed by atoms with Gasteiger partial charge in [-0.2, -0.15) is 0 Å². The van der Waals surface area contributed by atoms with Crippen molar-refractivity contribution in [1.29, 1.82) is 0 Å². The van der Waals surface area contributed by atoms with Crippen LogP contribution in [0.3, 0.4) is 0 Å². The van der Waals surface area contributed by atoms with Gasteiger partial charge in [-0.3, -0.25) is 4.79 Å². The van der Waals surface area contributed by atoms with Crippen molar-refractivity contribution < 1.29 is 4.79 Å². The zero-order valence-electron chi connectivity index (χ0n) is 12.2. The van der Waals surface area contributed by atoms with Crippen molar-refractivity contribution in [3.05, 3.63) is 35.4 Å². The summed E-state index contributed by atoms with van der Waals surface area (Å²) in [5.41, 5.74) is 2.15. The molecule has 0 amide bonds. The molecule has 19 heavy (non-hydrogen) atoms. The number of hydrogen-bond donors (Lipinski definition) is 0. The maximum absolute atomic E-state index is 12.4. The van der Waals surface area contributed by atoms with E-state index in [1.54, 1.807) is 0 Å². The molecule has 1 heterocycles. The second-order valence-corrected chi connectivity index (χ2v) is 5.68. The molecule has 1 aromatic carbocycles. The fourth-order valence-electron chi connectivity index (χ4n) is 2.80. The lowest BCUT2D eigenvalue weighted by Crippen LogP contribution is -2.35. The summed E-state index contributed by atoms with van der Waals surface area (Å²) in [7, 11) is 0. The van der Waals surface area contributed by atoms with Crippen LogP contribution in [0.15, 0.2) is 24.3 Å². The van der Waals surface area contributed by atoms with Gasteiger partial charge in [-0.05, 0) is 37.9 Å². The summed E-state index contributed by atoms with van der Waals surface area (Å²) in [6.07, 6.45) is 4.94. The third-order valence-electron chi connectivity index (χ3n) is 4.08. The lowest BCUT2D eigenvalue weighted by atomic mass is 9.97. The number of hydrogen-bond acceptors (Lipinski definition) is 2. The summed E-state index contributed by atoms with van der Waals surface area (Å²) in [6.45, 7) is 7.42. The van der Waals surface area contributed by atoms with E-state index in [0.717, 1.165) is 31.6 Å². The van der Waals surface area contributed by atoms with E-state index in [9.17, 15) is 4.79 Å². The molecule has 1 atom stereocenters. The Labute approximate surface area is 116 Å². The molecule has 0 N–H and O–H groups in total. The van der Waals surface area contributed by atoms with E-state index in [0.29, 0.717) is 0 Å². The molecule has 0 aliphatic carbocycles. The number of rotatable bonds is 5. The summed E-state index contributed by atoms with van der Waals surface area (Å²) in [5.74, 6) is 0.388. The lowest BCUT2D eigenvalue weighted by molar-refractivity contribution is 0.0883. The Balaban J connectivity index is 1.93. The molecular formula is C17H25NO. The van der Waals surface area contributed by atoms with E-state index in [-0.39, 0.29) is 11.7 Å². The summed E-state index contributed by atoms with van der Waals surface area (Å²) >= 11 is 0. The van der Waals surface area contributed by atoms with Crippen molar-refractivity contribution in [2.75, 3.05) is 19.6 Å². The van der Waals surface area contributed by atoms with E-state index >= 15 is 0 Å². The van der Waals surface area contributed by atoms with Gasteiger partial charge in [0.25, 0.3) is 0 Å². The van der Waals surface area contributed by atoms with Gasteiger partial charge in [0, 0.05) is 18.0 Å². The highest BCUT2D eigenvalue weighted by Gasteiger charge is 2.19. The average molecular weight is 259 g/mol. The molecule has 1 fully saturated rings. The molecule has 0 aromatic heterocycles. The highest BCUT2D eigenvalue weighted by Crippen LogP contribution is 2.15. The number of carbonyl (C=O) groups excluding carboxylic acids is 1. The molecule has 104 valence electrons. The van der Waals surface area contributed by atoms with Crippen LogP contribution in [-0.4, -0.2) is 30.3 Å². The largest absolute Gasteiger partial charge is 0.303 e. The van der Waals surface area contributed by atoms with Gasteiger partial charge in [-0.25, -0.2) is 0 Å². The van der Waals surface area contributed by atoms with Crippen molar-refractivity contribution >= 4 is 5.78 Å². The number of ketones is 1. The second-order valence-electron chi connectivity index (χ2n) is 5.68. The molecule has 1 aliphatic rings. The zero-order valence-corrected chi connectivity index (χ0v) is 12.2. The minimum absolute atomic E-state index is 0.102. The van der Waals surface area contributed by atoms with Gasteiger partial charge in [0.05, 0.1) is 0 Å². The van der Waals surface area contributed by atoms with Crippen LogP contribution in [0, 0.1) is 5.92 Å². The molecule has 0 unspecified atom stereocenters. The summed E-state index contributed by atoms with van der Waals surface area (Å²) < 4.78 is 0. The fourth-order valence-corrected chi connectivity index (χ4v) is 2.80. The second kappa shape index (κ2) is 6.85. The Morgan fingerprint density at radius 3 is 2.37 bits per heavy atom. The maximum Gasteiger partial charge on any atom is 0.166 e. The number of likely N-dealkylation sites (tertiary alicyclic amines) is 1. The van der Waals surface area contributed by atoms with Crippen LogP contribution in [0.2, 0.25) is 0 Å². The molecule has 1 aliphatic heterocycles. The van der Waals surface area contributed by atoms with E-state index in [2.05, 4.69) is 30.9 Å².